The molecule has 0 spiro atoms. The lowest BCUT2D eigenvalue weighted by atomic mass is 9.93. The molecular formula is C13H24N4. The van der Waals surface area contributed by atoms with Crippen molar-refractivity contribution in [1.82, 2.24) is 9.78 Å². The zero-order chi connectivity index (χ0) is 12.6. The van der Waals surface area contributed by atoms with E-state index in [0.29, 0.717) is 5.41 Å². The van der Waals surface area contributed by atoms with Gasteiger partial charge in [0.05, 0.1) is 11.4 Å². The molecule has 1 saturated heterocycles. The molecule has 96 valence electrons. The van der Waals surface area contributed by atoms with E-state index in [-0.39, 0.29) is 0 Å². The molecule has 4 heteroatoms. The molecule has 4 nitrogen and oxygen atoms in total. The predicted molar refractivity (Wildman–Crippen MR) is 72.2 cm³/mol. The van der Waals surface area contributed by atoms with Gasteiger partial charge in [0, 0.05) is 20.1 Å². The van der Waals surface area contributed by atoms with Gasteiger partial charge in [-0.1, -0.05) is 27.2 Å². The van der Waals surface area contributed by atoms with E-state index in [1.807, 2.05) is 11.7 Å². The number of aryl methyl sites for hydroxylation is 2. The molecule has 1 fully saturated rings. The Bertz CT molecular complexity index is 406. The van der Waals surface area contributed by atoms with Gasteiger partial charge in [-0.25, -0.2) is 0 Å². The highest BCUT2D eigenvalue weighted by molar-refractivity contribution is 5.67. The summed E-state index contributed by atoms with van der Waals surface area (Å²) < 4.78 is 1.95. The van der Waals surface area contributed by atoms with E-state index >= 15 is 0 Å². The molecular weight excluding hydrogens is 212 g/mol. The topological polar surface area (TPSA) is 47.1 Å². The molecule has 2 heterocycles. The van der Waals surface area contributed by atoms with Gasteiger partial charge < -0.3 is 10.6 Å². The van der Waals surface area contributed by atoms with Crippen LogP contribution >= 0.6 is 0 Å². The molecule has 0 saturated carbocycles. The Hall–Kier alpha value is -1.19. The maximum absolute atomic E-state index is 6.23. The van der Waals surface area contributed by atoms with Gasteiger partial charge in [0.25, 0.3) is 0 Å². The number of nitrogens with two attached hydrogens (primary N) is 1. The summed E-state index contributed by atoms with van der Waals surface area (Å²) in [5.74, 6) is 1.11. The molecule has 0 bridgehead atoms. The van der Waals surface area contributed by atoms with Gasteiger partial charge in [-0.15, -0.1) is 0 Å². The van der Waals surface area contributed by atoms with Crippen LogP contribution in [-0.4, -0.2) is 22.9 Å². The third-order valence-corrected chi connectivity index (χ3v) is 3.59. The third-order valence-electron chi connectivity index (χ3n) is 3.59. The number of hydrogen-bond donors (Lipinski definition) is 1. The largest absolute Gasteiger partial charge is 0.394 e. The number of rotatable bonds is 3. The highest BCUT2D eigenvalue weighted by atomic mass is 15.4. The van der Waals surface area contributed by atoms with Crippen LogP contribution in [0.15, 0.2) is 0 Å². The first kappa shape index (κ1) is 12.3. The number of hydrogen-bond acceptors (Lipinski definition) is 3. The predicted octanol–water partition coefficient (Wildman–Crippen LogP) is 2.19. The summed E-state index contributed by atoms with van der Waals surface area (Å²) in [6.07, 6.45) is 3.28. The lowest BCUT2D eigenvalue weighted by Crippen LogP contribution is -2.25. The monoisotopic (exact) mass is 236 g/mol. The third kappa shape index (κ3) is 2.26. The fraction of sp³-hybridized carbons (Fsp3) is 0.769. The molecule has 0 aromatic carbocycles. The Morgan fingerprint density at radius 3 is 2.65 bits per heavy atom. The maximum atomic E-state index is 6.23. The maximum Gasteiger partial charge on any atom is 0.150 e. The first-order valence-electron chi connectivity index (χ1n) is 6.51. The minimum Gasteiger partial charge on any atom is -0.394 e. The van der Waals surface area contributed by atoms with Crippen molar-refractivity contribution in [3.8, 4) is 0 Å². The molecule has 0 atom stereocenters. The summed E-state index contributed by atoms with van der Waals surface area (Å²) in [6.45, 7) is 8.94. The van der Waals surface area contributed by atoms with Crippen LogP contribution in [0.5, 0.6) is 0 Å². The zero-order valence-electron chi connectivity index (χ0n) is 11.5. The molecule has 2 N–H and O–H groups in total. The normalized spacial score (nSPS) is 18.9. The molecule has 1 aromatic rings. The van der Waals surface area contributed by atoms with Crippen molar-refractivity contribution in [2.24, 2.45) is 12.5 Å². The van der Waals surface area contributed by atoms with E-state index in [4.69, 9.17) is 5.73 Å². The van der Waals surface area contributed by atoms with Crippen LogP contribution in [0.2, 0.25) is 0 Å². The van der Waals surface area contributed by atoms with Gasteiger partial charge >= 0.3 is 0 Å². The Morgan fingerprint density at radius 1 is 1.41 bits per heavy atom. The van der Waals surface area contributed by atoms with Crippen LogP contribution in [0.1, 0.15) is 39.3 Å². The summed E-state index contributed by atoms with van der Waals surface area (Å²) in [7, 11) is 2.00. The summed E-state index contributed by atoms with van der Waals surface area (Å²) in [5.41, 5.74) is 8.56. The Balaban J connectivity index is 2.27. The molecule has 2 rings (SSSR count). The second kappa shape index (κ2) is 4.24. The zero-order valence-corrected chi connectivity index (χ0v) is 11.5. The van der Waals surface area contributed by atoms with Crippen molar-refractivity contribution in [2.75, 3.05) is 23.7 Å². The van der Waals surface area contributed by atoms with Crippen molar-refractivity contribution >= 4 is 11.5 Å². The summed E-state index contributed by atoms with van der Waals surface area (Å²) in [5, 5.41) is 4.54. The highest BCUT2D eigenvalue weighted by Crippen LogP contribution is 2.36. The van der Waals surface area contributed by atoms with E-state index < -0.39 is 0 Å². The molecule has 0 radical (unpaired) electrons. The lowest BCUT2D eigenvalue weighted by molar-refractivity contribution is 0.418. The van der Waals surface area contributed by atoms with Crippen LogP contribution in [0.25, 0.3) is 0 Å². The van der Waals surface area contributed by atoms with Crippen LogP contribution < -0.4 is 10.6 Å². The van der Waals surface area contributed by atoms with E-state index in [1.54, 1.807) is 0 Å². The molecule has 0 amide bonds. The van der Waals surface area contributed by atoms with Crippen LogP contribution in [0, 0.1) is 5.41 Å². The highest BCUT2D eigenvalue weighted by Gasteiger charge is 2.32. The SMILES string of the molecule is CCCc1nn(C)c(N2CCC(C)(C)C2)c1N. The lowest BCUT2D eigenvalue weighted by Gasteiger charge is -2.22. The van der Waals surface area contributed by atoms with Crippen molar-refractivity contribution in [3.05, 3.63) is 5.69 Å². The van der Waals surface area contributed by atoms with Crippen molar-refractivity contribution in [3.63, 3.8) is 0 Å². The Morgan fingerprint density at radius 2 is 2.12 bits per heavy atom. The molecule has 1 aromatic heterocycles. The van der Waals surface area contributed by atoms with E-state index in [2.05, 4.69) is 30.8 Å². The molecule has 1 aliphatic rings. The van der Waals surface area contributed by atoms with Crippen LogP contribution in [0.3, 0.4) is 0 Å². The minimum absolute atomic E-state index is 0.391. The minimum atomic E-state index is 0.391. The number of anilines is 2. The van der Waals surface area contributed by atoms with Gasteiger partial charge in [0.15, 0.2) is 0 Å². The fourth-order valence-corrected chi connectivity index (χ4v) is 2.68. The van der Waals surface area contributed by atoms with Gasteiger partial charge in [-0.05, 0) is 18.3 Å². The van der Waals surface area contributed by atoms with E-state index in [0.717, 1.165) is 43.1 Å². The van der Waals surface area contributed by atoms with Gasteiger partial charge in [0.2, 0.25) is 0 Å². The molecule has 0 unspecified atom stereocenters. The second-order valence-electron chi connectivity index (χ2n) is 5.89. The quantitative estimate of drug-likeness (QED) is 0.875. The Labute approximate surface area is 104 Å². The number of nitrogens with zero attached hydrogens (tertiary/aromatic N) is 3. The number of aromatic nitrogens is 2. The van der Waals surface area contributed by atoms with Gasteiger partial charge in [-0.3, -0.25) is 4.68 Å². The first-order valence-corrected chi connectivity index (χ1v) is 6.51. The van der Waals surface area contributed by atoms with Gasteiger partial charge in [-0.2, -0.15) is 5.10 Å². The molecule has 0 aliphatic carbocycles. The molecule has 1 aliphatic heterocycles. The Kier molecular flexibility index (Phi) is 3.06. The van der Waals surface area contributed by atoms with Crippen LogP contribution in [0.4, 0.5) is 11.5 Å². The first-order chi connectivity index (χ1) is 7.94. The molecule has 17 heavy (non-hydrogen) atoms. The second-order valence-corrected chi connectivity index (χ2v) is 5.89. The fourth-order valence-electron chi connectivity index (χ4n) is 2.68. The average molecular weight is 236 g/mol. The van der Waals surface area contributed by atoms with E-state index in [1.165, 1.54) is 6.42 Å². The number of nitrogen functional groups attached to an aromatic ring is 1. The van der Waals surface area contributed by atoms with Crippen molar-refractivity contribution in [1.29, 1.82) is 0 Å². The van der Waals surface area contributed by atoms with E-state index in [9.17, 15) is 0 Å². The van der Waals surface area contributed by atoms with Crippen LogP contribution in [-0.2, 0) is 13.5 Å². The summed E-state index contributed by atoms with van der Waals surface area (Å²) in [4.78, 5) is 2.38. The van der Waals surface area contributed by atoms with Gasteiger partial charge in [0.1, 0.15) is 5.82 Å². The standard InChI is InChI=1S/C13H24N4/c1-5-6-10-11(14)12(16(4)15-10)17-8-7-13(2,3)9-17/h5-9,14H2,1-4H3. The summed E-state index contributed by atoms with van der Waals surface area (Å²) >= 11 is 0. The summed E-state index contributed by atoms with van der Waals surface area (Å²) in [6, 6.07) is 0. The van der Waals surface area contributed by atoms with Crippen molar-refractivity contribution in [2.45, 2.75) is 40.0 Å². The van der Waals surface area contributed by atoms with Crippen molar-refractivity contribution < 1.29 is 0 Å². The smallest absolute Gasteiger partial charge is 0.150 e. The average Bonchev–Trinajstić information content (AvgIpc) is 2.69.